The summed E-state index contributed by atoms with van der Waals surface area (Å²) in [6.45, 7) is 1.80. The first-order valence-electron chi connectivity index (χ1n) is 4.58. The molecule has 1 unspecified atom stereocenters. The van der Waals surface area contributed by atoms with Crippen molar-refractivity contribution in [3.8, 4) is 11.5 Å². The number of rotatable bonds is 4. The fraction of sp³-hybridized carbons (Fsp3) is 0.364. The number of benzene rings is 1. The van der Waals surface area contributed by atoms with Gasteiger partial charge in [0.2, 0.25) is 0 Å². The minimum Gasteiger partial charge on any atom is -0.504 e. The Hall–Kier alpha value is -1.03. The fourth-order valence-electron chi connectivity index (χ4n) is 1.22. The highest BCUT2D eigenvalue weighted by Gasteiger charge is 2.19. The van der Waals surface area contributed by atoms with Crippen LogP contribution < -0.4 is 4.74 Å². The van der Waals surface area contributed by atoms with Crippen LogP contribution in [-0.4, -0.2) is 23.3 Å². The molecule has 0 bridgehead atoms. The van der Waals surface area contributed by atoms with Crippen molar-refractivity contribution in [2.75, 3.05) is 12.4 Å². The molecular weight excluding hydrogens is 260 g/mol. The summed E-state index contributed by atoms with van der Waals surface area (Å²) >= 11 is 3.24. The van der Waals surface area contributed by atoms with Gasteiger partial charge in [0.25, 0.3) is 0 Å². The molecule has 0 fully saturated rings. The van der Waals surface area contributed by atoms with E-state index >= 15 is 0 Å². The standard InChI is InChI=1S/C11H13BrO3/c1-7(6-12)10(13)8-4-3-5-9(15-2)11(8)14/h3-5,7,14H,6H2,1-2H3. The number of para-hydroxylation sites is 1. The molecule has 0 spiro atoms. The van der Waals surface area contributed by atoms with E-state index in [2.05, 4.69) is 15.9 Å². The summed E-state index contributed by atoms with van der Waals surface area (Å²) in [5.74, 6) is -0.0216. The minimum atomic E-state index is -0.164. The number of carbonyl (C=O) groups excluding carboxylic acids is 1. The third-order valence-electron chi connectivity index (χ3n) is 2.16. The number of hydrogen-bond acceptors (Lipinski definition) is 3. The van der Waals surface area contributed by atoms with Crippen molar-refractivity contribution >= 4 is 21.7 Å². The second kappa shape index (κ2) is 5.16. The monoisotopic (exact) mass is 272 g/mol. The summed E-state index contributed by atoms with van der Waals surface area (Å²) in [6, 6.07) is 4.90. The largest absolute Gasteiger partial charge is 0.504 e. The van der Waals surface area contributed by atoms with Crippen molar-refractivity contribution in [1.82, 2.24) is 0 Å². The molecule has 0 saturated carbocycles. The van der Waals surface area contributed by atoms with E-state index in [0.29, 0.717) is 16.6 Å². The summed E-state index contributed by atoms with van der Waals surface area (Å²) in [6.07, 6.45) is 0. The first-order valence-corrected chi connectivity index (χ1v) is 5.70. The number of Topliss-reactive ketones (excluding diaryl/α,β-unsaturated/α-hetero) is 1. The molecule has 1 aromatic carbocycles. The summed E-state index contributed by atoms with van der Waals surface area (Å²) in [5, 5.41) is 10.3. The van der Waals surface area contributed by atoms with Crippen LogP contribution in [0.2, 0.25) is 0 Å². The van der Waals surface area contributed by atoms with Gasteiger partial charge in [0.15, 0.2) is 17.3 Å². The zero-order chi connectivity index (χ0) is 11.4. The first kappa shape index (κ1) is 12.0. The van der Waals surface area contributed by atoms with Gasteiger partial charge in [0.05, 0.1) is 12.7 Å². The quantitative estimate of drug-likeness (QED) is 0.677. The van der Waals surface area contributed by atoms with Crippen molar-refractivity contribution in [2.45, 2.75) is 6.92 Å². The molecule has 0 aromatic heterocycles. The van der Waals surface area contributed by atoms with E-state index in [1.165, 1.54) is 7.11 Å². The lowest BCUT2D eigenvalue weighted by molar-refractivity contribution is 0.0939. The molecule has 3 nitrogen and oxygen atoms in total. The molecule has 0 aliphatic heterocycles. The number of methoxy groups -OCH3 is 1. The Balaban J connectivity index is 3.09. The maximum atomic E-state index is 11.8. The van der Waals surface area contributed by atoms with Gasteiger partial charge >= 0.3 is 0 Å². The molecule has 0 aliphatic carbocycles. The number of halogens is 1. The third-order valence-corrected chi connectivity index (χ3v) is 3.13. The predicted octanol–water partition coefficient (Wildman–Crippen LogP) is 2.61. The van der Waals surface area contributed by atoms with Crippen LogP contribution in [0, 0.1) is 5.92 Å². The van der Waals surface area contributed by atoms with Gasteiger partial charge in [-0.15, -0.1) is 0 Å². The maximum Gasteiger partial charge on any atom is 0.170 e. The first-order chi connectivity index (χ1) is 7.11. The van der Waals surface area contributed by atoms with Crippen LogP contribution in [0.1, 0.15) is 17.3 Å². The van der Waals surface area contributed by atoms with Gasteiger partial charge in [0.1, 0.15) is 0 Å². The lowest BCUT2D eigenvalue weighted by Crippen LogP contribution is -2.12. The predicted molar refractivity (Wildman–Crippen MR) is 61.9 cm³/mol. The van der Waals surface area contributed by atoms with Crippen LogP contribution in [-0.2, 0) is 0 Å². The Morgan fingerprint density at radius 2 is 2.27 bits per heavy atom. The summed E-state index contributed by atoms with van der Waals surface area (Å²) < 4.78 is 4.94. The van der Waals surface area contributed by atoms with Crippen molar-refractivity contribution in [3.05, 3.63) is 23.8 Å². The van der Waals surface area contributed by atoms with Crippen molar-refractivity contribution < 1.29 is 14.6 Å². The minimum absolute atomic E-state index is 0.0854. The molecule has 15 heavy (non-hydrogen) atoms. The zero-order valence-electron chi connectivity index (χ0n) is 8.66. The highest BCUT2D eigenvalue weighted by Crippen LogP contribution is 2.31. The molecule has 1 N–H and O–H groups in total. The Bertz CT molecular complexity index is 363. The van der Waals surface area contributed by atoms with Crippen LogP contribution in [0.15, 0.2) is 18.2 Å². The molecule has 82 valence electrons. The van der Waals surface area contributed by atoms with E-state index in [-0.39, 0.29) is 17.5 Å². The average Bonchev–Trinajstić information content (AvgIpc) is 2.27. The number of aromatic hydroxyl groups is 1. The van der Waals surface area contributed by atoms with Gasteiger partial charge < -0.3 is 9.84 Å². The highest BCUT2D eigenvalue weighted by atomic mass is 79.9. The van der Waals surface area contributed by atoms with E-state index in [4.69, 9.17) is 4.74 Å². The number of phenolic OH excluding ortho intramolecular Hbond substituents is 1. The number of ether oxygens (including phenoxy) is 1. The highest BCUT2D eigenvalue weighted by molar-refractivity contribution is 9.09. The number of ketones is 1. The molecular formula is C11H13BrO3. The van der Waals surface area contributed by atoms with E-state index in [1.807, 2.05) is 0 Å². The topological polar surface area (TPSA) is 46.5 Å². The molecule has 1 rings (SSSR count). The number of hydrogen-bond donors (Lipinski definition) is 1. The SMILES string of the molecule is COc1cccc(C(=O)C(C)CBr)c1O. The molecule has 0 aliphatic rings. The van der Waals surface area contributed by atoms with E-state index in [1.54, 1.807) is 25.1 Å². The van der Waals surface area contributed by atoms with Crippen LogP contribution in [0.25, 0.3) is 0 Å². The van der Waals surface area contributed by atoms with Gasteiger partial charge in [-0.3, -0.25) is 4.79 Å². The lowest BCUT2D eigenvalue weighted by Gasteiger charge is -2.10. The molecule has 1 aromatic rings. The molecule has 0 heterocycles. The van der Waals surface area contributed by atoms with Gasteiger partial charge in [-0.25, -0.2) is 0 Å². The third kappa shape index (κ3) is 2.50. The van der Waals surface area contributed by atoms with E-state index in [0.717, 1.165) is 0 Å². The average molecular weight is 273 g/mol. The molecule has 4 heteroatoms. The molecule has 0 radical (unpaired) electrons. The summed E-state index contributed by atoms with van der Waals surface area (Å²) in [4.78, 5) is 11.8. The van der Waals surface area contributed by atoms with E-state index in [9.17, 15) is 9.90 Å². The maximum absolute atomic E-state index is 11.8. The van der Waals surface area contributed by atoms with Gasteiger partial charge in [-0.2, -0.15) is 0 Å². The smallest absolute Gasteiger partial charge is 0.170 e. The second-order valence-corrected chi connectivity index (χ2v) is 3.92. The van der Waals surface area contributed by atoms with Gasteiger partial charge in [-0.05, 0) is 12.1 Å². The molecule has 0 saturated heterocycles. The fourth-order valence-corrected chi connectivity index (χ4v) is 1.52. The lowest BCUT2D eigenvalue weighted by atomic mass is 10.00. The Labute approximate surface area is 97.2 Å². The Morgan fingerprint density at radius 3 is 2.80 bits per heavy atom. The normalized spacial score (nSPS) is 12.2. The zero-order valence-corrected chi connectivity index (χ0v) is 10.2. The van der Waals surface area contributed by atoms with Crippen LogP contribution in [0.4, 0.5) is 0 Å². The van der Waals surface area contributed by atoms with Crippen molar-refractivity contribution in [2.24, 2.45) is 5.92 Å². The Kier molecular flexibility index (Phi) is 4.15. The molecule has 0 amide bonds. The van der Waals surface area contributed by atoms with Crippen LogP contribution in [0.5, 0.6) is 11.5 Å². The summed E-state index contributed by atoms with van der Waals surface area (Å²) in [5.41, 5.74) is 0.307. The van der Waals surface area contributed by atoms with Gasteiger partial charge in [0, 0.05) is 11.2 Å². The van der Waals surface area contributed by atoms with E-state index < -0.39 is 0 Å². The van der Waals surface area contributed by atoms with Gasteiger partial charge in [-0.1, -0.05) is 28.9 Å². The summed E-state index contributed by atoms with van der Waals surface area (Å²) in [7, 11) is 1.46. The van der Waals surface area contributed by atoms with Crippen molar-refractivity contribution in [3.63, 3.8) is 0 Å². The Morgan fingerprint density at radius 1 is 1.60 bits per heavy atom. The second-order valence-electron chi connectivity index (χ2n) is 3.28. The van der Waals surface area contributed by atoms with Crippen LogP contribution in [0.3, 0.4) is 0 Å². The number of phenols is 1. The van der Waals surface area contributed by atoms with Crippen molar-refractivity contribution in [1.29, 1.82) is 0 Å². The molecule has 1 atom stereocenters. The number of alkyl halides is 1. The number of carbonyl (C=O) groups is 1. The van der Waals surface area contributed by atoms with Crippen LogP contribution >= 0.6 is 15.9 Å².